The first kappa shape index (κ1) is 19.0. The minimum Gasteiger partial charge on any atom is -0.347 e. The van der Waals surface area contributed by atoms with Crippen LogP contribution in [0.25, 0.3) is 0 Å². The molecule has 1 aromatic heterocycles. The molecular formula is C19H25N5O3. The van der Waals surface area contributed by atoms with Crippen LogP contribution in [-0.2, 0) is 22.6 Å². The Labute approximate surface area is 158 Å². The third kappa shape index (κ3) is 5.37. The number of hydrogen-bond acceptors (Lipinski definition) is 6. The highest BCUT2D eigenvalue weighted by atomic mass is 16.5. The van der Waals surface area contributed by atoms with Crippen molar-refractivity contribution < 1.29 is 14.1 Å². The number of carbonyl (C=O) groups excluding carboxylic acids is 2. The zero-order valence-corrected chi connectivity index (χ0v) is 15.4. The summed E-state index contributed by atoms with van der Waals surface area (Å²) in [6.45, 7) is 2.55. The number of nitrogens with one attached hydrogen (secondary N) is 1. The second-order valence-corrected chi connectivity index (χ2v) is 6.94. The van der Waals surface area contributed by atoms with E-state index in [9.17, 15) is 9.59 Å². The predicted molar refractivity (Wildman–Crippen MR) is 98.3 cm³/mol. The summed E-state index contributed by atoms with van der Waals surface area (Å²) >= 11 is 0. The standard InChI is InChI=1S/C19H25N5O3/c1-13(25)24-11-15(7-8-16(20)12-24)19(26)21-10-18-22-17(23-27-18)9-14-5-3-2-4-6-14/h2-6,15-16H,7-12,20H2,1H3,(H,21,26)/t15-,16+/m1/s1. The maximum Gasteiger partial charge on any atom is 0.246 e. The second-order valence-electron chi connectivity index (χ2n) is 6.94. The minimum absolute atomic E-state index is 0.0624. The molecule has 8 nitrogen and oxygen atoms in total. The van der Waals surface area contributed by atoms with Gasteiger partial charge in [0.25, 0.3) is 0 Å². The van der Waals surface area contributed by atoms with Gasteiger partial charge in [-0.3, -0.25) is 9.59 Å². The maximum absolute atomic E-state index is 12.5. The van der Waals surface area contributed by atoms with Crippen LogP contribution in [0.15, 0.2) is 34.9 Å². The summed E-state index contributed by atoms with van der Waals surface area (Å²) in [6, 6.07) is 9.76. The van der Waals surface area contributed by atoms with Crippen LogP contribution in [0.1, 0.15) is 37.0 Å². The van der Waals surface area contributed by atoms with Crippen LogP contribution in [-0.4, -0.2) is 46.0 Å². The lowest BCUT2D eigenvalue weighted by molar-refractivity contribution is -0.131. The lowest BCUT2D eigenvalue weighted by Gasteiger charge is -2.23. The van der Waals surface area contributed by atoms with Crippen molar-refractivity contribution in [2.45, 2.75) is 38.8 Å². The van der Waals surface area contributed by atoms with Crippen LogP contribution in [0.3, 0.4) is 0 Å². The van der Waals surface area contributed by atoms with Gasteiger partial charge >= 0.3 is 0 Å². The third-order valence-corrected chi connectivity index (χ3v) is 4.73. The first-order valence-corrected chi connectivity index (χ1v) is 9.15. The SMILES string of the molecule is CC(=O)N1C[C@@H](N)CC[C@@H](C(=O)NCc2nc(Cc3ccccc3)no2)C1. The van der Waals surface area contributed by atoms with Crippen LogP contribution in [0.2, 0.25) is 0 Å². The molecule has 2 heterocycles. The molecule has 144 valence electrons. The van der Waals surface area contributed by atoms with E-state index in [1.165, 1.54) is 6.92 Å². The number of nitrogens with zero attached hydrogens (tertiary/aromatic N) is 3. The Bertz CT molecular complexity index is 777. The Morgan fingerprint density at radius 3 is 2.78 bits per heavy atom. The number of benzene rings is 1. The Hall–Kier alpha value is -2.74. The average Bonchev–Trinajstić information content (AvgIpc) is 2.99. The summed E-state index contributed by atoms with van der Waals surface area (Å²) in [7, 11) is 0. The highest BCUT2D eigenvalue weighted by Crippen LogP contribution is 2.17. The number of amides is 2. The number of rotatable bonds is 5. The molecule has 0 bridgehead atoms. The smallest absolute Gasteiger partial charge is 0.246 e. The molecule has 2 amide bonds. The van der Waals surface area contributed by atoms with E-state index in [0.717, 1.165) is 5.56 Å². The molecule has 1 aliphatic heterocycles. The van der Waals surface area contributed by atoms with Crippen molar-refractivity contribution >= 4 is 11.8 Å². The summed E-state index contributed by atoms with van der Waals surface area (Å²) in [5, 5.41) is 6.79. The van der Waals surface area contributed by atoms with E-state index in [0.29, 0.717) is 44.1 Å². The van der Waals surface area contributed by atoms with Gasteiger partial charge in [0.1, 0.15) is 0 Å². The van der Waals surface area contributed by atoms with Gasteiger partial charge in [-0.05, 0) is 18.4 Å². The Morgan fingerprint density at radius 2 is 2.04 bits per heavy atom. The van der Waals surface area contributed by atoms with Gasteiger partial charge in [-0.15, -0.1) is 0 Å². The fourth-order valence-corrected chi connectivity index (χ4v) is 3.21. The molecule has 0 spiro atoms. The van der Waals surface area contributed by atoms with Gasteiger partial charge in [0.05, 0.1) is 12.5 Å². The molecule has 2 aromatic rings. The van der Waals surface area contributed by atoms with Crippen molar-refractivity contribution in [3.05, 3.63) is 47.6 Å². The Kier molecular flexibility index (Phi) is 6.18. The minimum atomic E-state index is -0.283. The highest BCUT2D eigenvalue weighted by Gasteiger charge is 2.28. The lowest BCUT2D eigenvalue weighted by Crippen LogP contribution is -2.42. The fourth-order valence-electron chi connectivity index (χ4n) is 3.21. The molecule has 0 radical (unpaired) electrons. The van der Waals surface area contributed by atoms with E-state index in [4.69, 9.17) is 10.3 Å². The molecule has 3 rings (SSSR count). The molecule has 8 heteroatoms. The summed E-state index contributed by atoms with van der Waals surface area (Å²) in [5.74, 6) is 0.469. The number of carbonyl (C=O) groups is 2. The van der Waals surface area contributed by atoms with Gasteiger partial charge in [-0.25, -0.2) is 0 Å². The molecule has 1 fully saturated rings. The van der Waals surface area contributed by atoms with Crippen LogP contribution in [0, 0.1) is 5.92 Å². The predicted octanol–water partition coefficient (Wildman–Crippen LogP) is 0.862. The highest BCUT2D eigenvalue weighted by molar-refractivity contribution is 5.80. The average molecular weight is 371 g/mol. The maximum atomic E-state index is 12.5. The van der Waals surface area contributed by atoms with Gasteiger partial charge < -0.3 is 20.5 Å². The monoisotopic (exact) mass is 371 g/mol. The van der Waals surface area contributed by atoms with E-state index in [-0.39, 0.29) is 30.3 Å². The first-order chi connectivity index (χ1) is 13.0. The summed E-state index contributed by atoms with van der Waals surface area (Å²) in [6.07, 6.45) is 1.94. The van der Waals surface area contributed by atoms with E-state index >= 15 is 0 Å². The van der Waals surface area contributed by atoms with Crippen molar-refractivity contribution in [2.75, 3.05) is 13.1 Å². The van der Waals surface area contributed by atoms with Crippen LogP contribution < -0.4 is 11.1 Å². The molecule has 27 heavy (non-hydrogen) atoms. The van der Waals surface area contributed by atoms with Crippen molar-refractivity contribution in [2.24, 2.45) is 11.7 Å². The molecule has 1 aromatic carbocycles. The van der Waals surface area contributed by atoms with Gasteiger partial charge in [-0.1, -0.05) is 35.5 Å². The molecule has 3 N–H and O–H groups in total. The van der Waals surface area contributed by atoms with Crippen LogP contribution in [0.5, 0.6) is 0 Å². The number of nitrogens with two attached hydrogens (primary N) is 1. The second kappa shape index (κ2) is 8.77. The van der Waals surface area contributed by atoms with Crippen molar-refractivity contribution in [3.8, 4) is 0 Å². The van der Waals surface area contributed by atoms with Gasteiger partial charge in [0.2, 0.25) is 17.7 Å². The Balaban J connectivity index is 1.53. The summed E-state index contributed by atoms with van der Waals surface area (Å²) in [4.78, 5) is 30.2. The molecule has 0 unspecified atom stereocenters. The lowest BCUT2D eigenvalue weighted by atomic mass is 10.0. The topological polar surface area (TPSA) is 114 Å². The quantitative estimate of drug-likeness (QED) is 0.806. The number of likely N-dealkylation sites (tertiary alicyclic amines) is 1. The van der Waals surface area contributed by atoms with Gasteiger partial charge in [0.15, 0.2) is 5.82 Å². The molecule has 0 aliphatic carbocycles. The molecule has 0 saturated carbocycles. The molecule has 2 atom stereocenters. The van der Waals surface area contributed by atoms with E-state index in [1.807, 2.05) is 30.3 Å². The zero-order valence-electron chi connectivity index (χ0n) is 15.4. The van der Waals surface area contributed by atoms with Crippen molar-refractivity contribution in [1.29, 1.82) is 0 Å². The first-order valence-electron chi connectivity index (χ1n) is 9.15. The number of hydrogen-bond donors (Lipinski definition) is 2. The van der Waals surface area contributed by atoms with E-state index < -0.39 is 0 Å². The largest absolute Gasteiger partial charge is 0.347 e. The van der Waals surface area contributed by atoms with Crippen molar-refractivity contribution in [1.82, 2.24) is 20.4 Å². The zero-order chi connectivity index (χ0) is 19.2. The third-order valence-electron chi connectivity index (χ3n) is 4.73. The number of aromatic nitrogens is 2. The van der Waals surface area contributed by atoms with Crippen LogP contribution in [0.4, 0.5) is 0 Å². The van der Waals surface area contributed by atoms with Crippen molar-refractivity contribution in [3.63, 3.8) is 0 Å². The summed E-state index contributed by atoms with van der Waals surface area (Å²) < 4.78 is 5.22. The van der Waals surface area contributed by atoms with Gasteiger partial charge in [-0.2, -0.15) is 4.98 Å². The normalized spacial score (nSPS) is 20.1. The van der Waals surface area contributed by atoms with Crippen LogP contribution >= 0.6 is 0 Å². The fraction of sp³-hybridized carbons (Fsp3) is 0.474. The van der Waals surface area contributed by atoms with Gasteiger partial charge in [0, 0.05) is 32.5 Å². The summed E-state index contributed by atoms with van der Waals surface area (Å²) in [5.41, 5.74) is 7.09. The molecule has 1 aliphatic rings. The van der Waals surface area contributed by atoms with E-state index in [1.54, 1.807) is 4.90 Å². The molecule has 1 saturated heterocycles. The molecular weight excluding hydrogens is 346 g/mol. The Morgan fingerprint density at radius 1 is 1.26 bits per heavy atom. The van der Waals surface area contributed by atoms with E-state index in [2.05, 4.69) is 15.5 Å².